The molecule has 3 nitrogen and oxygen atoms in total. The van der Waals surface area contributed by atoms with Crippen molar-refractivity contribution in [3.05, 3.63) is 34.9 Å². The lowest BCUT2D eigenvalue weighted by Gasteiger charge is -2.56. The third-order valence-electron chi connectivity index (χ3n) is 7.82. The van der Waals surface area contributed by atoms with Gasteiger partial charge in [-0.15, -0.1) is 0 Å². The lowest BCUT2D eigenvalue weighted by molar-refractivity contribution is -0.148. The first-order valence-corrected chi connectivity index (χ1v) is 10.1. The zero-order chi connectivity index (χ0) is 18.7. The molecule has 2 fully saturated rings. The zero-order valence-corrected chi connectivity index (χ0v) is 16.4. The first-order valence-electron chi connectivity index (χ1n) is 10.1. The van der Waals surface area contributed by atoms with Crippen molar-refractivity contribution in [1.29, 1.82) is 0 Å². The Bertz CT molecular complexity index is 755. The number of hydrogen-bond acceptors (Lipinski definition) is 3. The number of carbonyl (C=O) groups excluding carboxylic acids is 2. The number of hydrogen-bond donors (Lipinski definition) is 0. The summed E-state index contributed by atoms with van der Waals surface area (Å²) in [5.74, 6) is 1.23. The van der Waals surface area contributed by atoms with Gasteiger partial charge in [-0.25, -0.2) is 0 Å². The van der Waals surface area contributed by atoms with Crippen molar-refractivity contribution in [1.82, 2.24) is 0 Å². The second-order valence-electron chi connectivity index (χ2n) is 9.20. The van der Waals surface area contributed by atoms with Crippen molar-refractivity contribution >= 4 is 11.8 Å². The molecule has 0 unspecified atom stereocenters. The van der Waals surface area contributed by atoms with Crippen LogP contribution in [-0.2, 0) is 14.3 Å². The Labute approximate surface area is 156 Å². The van der Waals surface area contributed by atoms with Crippen LogP contribution in [0.25, 0.3) is 0 Å². The van der Waals surface area contributed by atoms with Gasteiger partial charge in [-0.1, -0.05) is 43.2 Å². The summed E-state index contributed by atoms with van der Waals surface area (Å²) in [4.78, 5) is 23.5. The number of allylic oxidation sites excluding steroid dienone is 5. The van der Waals surface area contributed by atoms with E-state index < -0.39 is 0 Å². The molecule has 0 N–H and O–H groups in total. The van der Waals surface area contributed by atoms with Gasteiger partial charge in [-0.05, 0) is 56.3 Å². The van der Waals surface area contributed by atoms with E-state index in [9.17, 15) is 9.59 Å². The molecule has 26 heavy (non-hydrogen) atoms. The monoisotopic (exact) mass is 354 g/mol. The highest BCUT2D eigenvalue weighted by Gasteiger charge is 2.54. The van der Waals surface area contributed by atoms with Crippen LogP contribution >= 0.6 is 0 Å². The highest BCUT2D eigenvalue weighted by atomic mass is 16.5. The van der Waals surface area contributed by atoms with Crippen LogP contribution in [0.1, 0.15) is 66.2 Å². The second kappa shape index (κ2) is 5.94. The average Bonchev–Trinajstić information content (AvgIpc) is 2.92. The van der Waals surface area contributed by atoms with E-state index in [1.807, 2.05) is 0 Å². The third kappa shape index (κ3) is 2.46. The van der Waals surface area contributed by atoms with E-state index in [2.05, 4.69) is 32.1 Å². The lowest BCUT2D eigenvalue weighted by atomic mass is 9.49. The van der Waals surface area contributed by atoms with Crippen molar-refractivity contribution in [3.8, 4) is 0 Å². The number of rotatable bonds is 2. The smallest absolute Gasteiger partial charge is 0.302 e. The first-order chi connectivity index (χ1) is 12.3. The number of carbonyl (C=O) groups is 2. The maximum atomic E-state index is 12.1. The lowest BCUT2D eigenvalue weighted by Crippen LogP contribution is -2.47. The number of ketones is 1. The van der Waals surface area contributed by atoms with Crippen LogP contribution in [0.5, 0.6) is 0 Å². The predicted octanol–water partition coefficient (Wildman–Crippen LogP) is 4.93. The molecule has 2 saturated carbocycles. The van der Waals surface area contributed by atoms with Gasteiger partial charge in [0.25, 0.3) is 0 Å². The van der Waals surface area contributed by atoms with Crippen LogP contribution in [0.15, 0.2) is 34.9 Å². The fourth-order valence-electron chi connectivity index (χ4n) is 6.48. The molecule has 0 aromatic heterocycles. The van der Waals surface area contributed by atoms with E-state index in [-0.39, 0.29) is 28.7 Å². The Kier molecular flexibility index (Phi) is 4.05. The van der Waals surface area contributed by atoms with Crippen LogP contribution in [-0.4, -0.2) is 17.9 Å². The van der Waals surface area contributed by atoms with Crippen LogP contribution in [0.4, 0.5) is 0 Å². The number of ether oxygens (including phenoxy) is 1. The van der Waals surface area contributed by atoms with Gasteiger partial charge in [0, 0.05) is 24.3 Å². The molecule has 0 radical (unpaired) electrons. The molecule has 5 atom stereocenters. The van der Waals surface area contributed by atoms with E-state index in [1.165, 1.54) is 24.5 Å². The number of esters is 1. The summed E-state index contributed by atoms with van der Waals surface area (Å²) in [6.07, 6.45) is 13.1. The minimum atomic E-state index is -0.166. The molecular weight excluding hydrogens is 324 g/mol. The van der Waals surface area contributed by atoms with Crippen molar-refractivity contribution in [2.45, 2.75) is 72.3 Å². The van der Waals surface area contributed by atoms with Gasteiger partial charge in [-0.2, -0.15) is 0 Å². The summed E-state index contributed by atoms with van der Waals surface area (Å²) >= 11 is 0. The minimum Gasteiger partial charge on any atom is -0.462 e. The SMILES string of the molecule is CC(=O)O[C@@H]1CC[C@]2(C)C(=CC[C@@H]3C4=CC=C(C(C)=O)[C@@]4(C)CC[C@H]32)C1. The number of Topliss-reactive ketones (excluding diaryl/α,β-unsaturated/α-hetero) is 1. The maximum absolute atomic E-state index is 12.1. The van der Waals surface area contributed by atoms with Gasteiger partial charge in [-0.3, -0.25) is 9.59 Å². The van der Waals surface area contributed by atoms with E-state index >= 15 is 0 Å². The van der Waals surface area contributed by atoms with Crippen LogP contribution < -0.4 is 0 Å². The highest BCUT2D eigenvalue weighted by Crippen LogP contribution is 2.63. The second-order valence-corrected chi connectivity index (χ2v) is 9.20. The van der Waals surface area contributed by atoms with Gasteiger partial charge in [0.2, 0.25) is 0 Å². The molecule has 0 aromatic carbocycles. The van der Waals surface area contributed by atoms with Crippen LogP contribution in [0.3, 0.4) is 0 Å². The Morgan fingerprint density at radius 2 is 1.88 bits per heavy atom. The molecule has 0 spiro atoms. The Balaban J connectivity index is 1.61. The summed E-state index contributed by atoms with van der Waals surface area (Å²) < 4.78 is 5.51. The van der Waals surface area contributed by atoms with Gasteiger partial charge in [0.15, 0.2) is 5.78 Å². The van der Waals surface area contributed by atoms with Crippen molar-refractivity contribution in [3.63, 3.8) is 0 Å². The topological polar surface area (TPSA) is 43.4 Å². The Hall–Kier alpha value is -1.64. The Morgan fingerprint density at radius 3 is 2.58 bits per heavy atom. The average molecular weight is 354 g/mol. The van der Waals surface area contributed by atoms with Crippen molar-refractivity contribution in [2.75, 3.05) is 0 Å². The predicted molar refractivity (Wildman–Crippen MR) is 101 cm³/mol. The maximum Gasteiger partial charge on any atom is 0.302 e. The van der Waals surface area contributed by atoms with E-state index in [1.54, 1.807) is 6.92 Å². The van der Waals surface area contributed by atoms with Gasteiger partial charge in [0.05, 0.1) is 0 Å². The Morgan fingerprint density at radius 1 is 1.12 bits per heavy atom. The molecule has 140 valence electrons. The highest BCUT2D eigenvalue weighted by molar-refractivity contribution is 5.96. The summed E-state index contributed by atoms with van der Waals surface area (Å²) in [6, 6.07) is 0. The van der Waals surface area contributed by atoms with Gasteiger partial charge in [0.1, 0.15) is 6.10 Å². The fourth-order valence-corrected chi connectivity index (χ4v) is 6.48. The quantitative estimate of drug-likeness (QED) is 0.522. The fraction of sp³-hybridized carbons (Fsp3) is 0.652. The molecular formula is C23H30O3. The summed E-state index contributed by atoms with van der Waals surface area (Å²) in [7, 11) is 0. The molecule has 4 aliphatic rings. The molecule has 4 aliphatic carbocycles. The normalized spacial score (nSPS) is 41.1. The molecule has 0 aromatic rings. The molecule has 0 amide bonds. The third-order valence-corrected chi connectivity index (χ3v) is 7.82. The van der Waals surface area contributed by atoms with Crippen LogP contribution in [0.2, 0.25) is 0 Å². The molecule has 0 heterocycles. The molecule has 4 rings (SSSR count). The zero-order valence-electron chi connectivity index (χ0n) is 16.4. The minimum absolute atomic E-state index is 0.0499. The largest absolute Gasteiger partial charge is 0.462 e. The standard InChI is InChI=1S/C23H30O3/c1-14(24)19-7-8-20-18-6-5-16-13-17(26-15(2)25)9-11-22(16,3)21(18)10-12-23(19,20)4/h5,7-8,17-18,21H,6,9-13H2,1-4H3/t17-,18-,21-,22-,23-/m1/s1. The van der Waals surface area contributed by atoms with E-state index in [0.717, 1.165) is 37.7 Å². The first kappa shape index (κ1) is 17.8. The summed E-state index contributed by atoms with van der Waals surface area (Å²) in [5.41, 5.74) is 4.14. The molecule has 0 aliphatic heterocycles. The van der Waals surface area contributed by atoms with Crippen molar-refractivity contribution < 1.29 is 14.3 Å². The molecule has 3 heteroatoms. The van der Waals surface area contributed by atoms with Gasteiger partial charge >= 0.3 is 5.97 Å². The molecule has 0 bridgehead atoms. The molecule has 0 saturated heterocycles. The van der Waals surface area contributed by atoms with E-state index in [4.69, 9.17) is 4.74 Å². The van der Waals surface area contributed by atoms with Crippen molar-refractivity contribution in [2.24, 2.45) is 22.7 Å². The summed E-state index contributed by atoms with van der Waals surface area (Å²) in [6.45, 7) is 7.91. The van der Waals surface area contributed by atoms with Crippen LogP contribution in [0, 0.1) is 22.7 Å². The van der Waals surface area contributed by atoms with Gasteiger partial charge < -0.3 is 4.74 Å². The number of fused-ring (bicyclic) bond motifs is 5. The summed E-state index contributed by atoms with van der Waals surface area (Å²) in [5, 5.41) is 0. The van der Waals surface area contributed by atoms with E-state index in [0.29, 0.717) is 11.8 Å².